The van der Waals surface area contributed by atoms with Crippen molar-refractivity contribution in [3.05, 3.63) is 29.6 Å². The number of hydrogen-bond donors (Lipinski definition) is 1. The van der Waals surface area contributed by atoms with E-state index in [1.165, 1.54) is 7.11 Å². The summed E-state index contributed by atoms with van der Waals surface area (Å²) in [7, 11) is 1.47. The second kappa shape index (κ2) is 6.45. The van der Waals surface area contributed by atoms with Gasteiger partial charge in [0.25, 0.3) is 0 Å². The summed E-state index contributed by atoms with van der Waals surface area (Å²) in [6.45, 7) is 4.81. The Morgan fingerprint density at radius 1 is 1.44 bits per heavy atom. The van der Waals surface area contributed by atoms with Crippen molar-refractivity contribution in [2.24, 2.45) is 5.73 Å². The van der Waals surface area contributed by atoms with Crippen molar-refractivity contribution in [3.8, 4) is 5.75 Å². The summed E-state index contributed by atoms with van der Waals surface area (Å²) in [6, 6.07) is 5.20. The van der Waals surface area contributed by atoms with E-state index in [9.17, 15) is 4.39 Å². The van der Waals surface area contributed by atoms with Crippen LogP contribution in [0.1, 0.15) is 12.5 Å². The molecule has 0 saturated heterocycles. The van der Waals surface area contributed by atoms with Gasteiger partial charge in [0, 0.05) is 25.2 Å². The summed E-state index contributed by atoms with van der Waals surface area (Å²) in [6.07, 6.45) is 0. The zero-order valence-corrected chi connectivity index (χ0v) is 9.87. The van der Waals surface area contributed by atoms with Crippen molar-refractivity contribution in [1.82, 2.24) is 4.90 Å². The number of benzene rings is 1. The van der Waals surface area contributed by atoms with Gasteiger partial charge in [0.2, 0.25) is 0 Å². The van der Waals surface area contributed by atoms with Crippen molar-refractivity contribution in [1.29, 1.82) is 0 Å². The number of ether oxygens (including phenoxy) is 1. The number of nitrogens with two attached hydrogens (primary N) is 1. The minimum absolute atomic E-state index is 0.277. The Kier molecular flexibility index (Phi) is 5.22. The Hall–Kier alpha value is -1.13. The van der Waals surface area contributed by atoms with Crippen LogP contribution in [0.2, 0.25) is 0 Å². The molecular weight excluding hydrogens is 207 g/mol. The number of nitrogens with zero attached hydrogens (tertiary/aromatic N) is 1. The lowest BCUT2D eigenvalue weighted by Gasteiger charge is -2.20. The zero-order chi connectivity index (χ0) is 12.0. The average molecular weight is 226 g/mol. The van der Waals surface area contributed by atoms with Gasteiger partial charge < -0.3 is 10.5 Å². The van der Waals surface area contributed by atoms with E-state index in [0.717, 1.165) is 13.1 Å². The van der Waals surface area contributed by atoms with Gasteiger partial charge in [0.1, 0.15) is 0 Å². The average Bonchev–Trinajstić information content (AvgIpc) is 2.31. The molecule has 0 atom stereocenters. The van der Waals surface area contributed by atoms with Crippen LogP contribution in [0.5, 0.6) is 5.75 Å². The minimum Gasteiger partial charge on any atom is -0.494 e. The van der Waals surface area contributed by atoms with Gasteiger partial charge in [0.05, 0.1) is 7.11 Å². The molecule has 0 fully saturated rings. The Bertz CT molecular complexity index is 331. The molecule has 1 aromatic carbocycles. The van der Waals surface area contributed by atoms with E-state index >= 15 is 0 Å². The lowest BCUT2D eigenvalue weighted by molar-refractivity contribution is 0.281. The molecular formula is C12H19FN2O. The number of hydrogen-bond acceptors (Lipinski definition) is 3. The van der Waals surface area contributed by atoms with Crippen LogP contribution >= 0.6 is 0 Å². The van der Waals surface area contributed by atoms with E-state index in [4.69, 9.17) is 10.5 Å². The van der Waals surface area contributed by atoms with Gasteiger partial charge in [-0.3, -0.25) is 4.90 Å². The first-order valence-electron chi connectivity index (χ1n) is 5.46. The number of halogens is 1. The van der Waals surface area contributed by atoms with Crippen molar-refractivity contribution in [3.63, 3.8) is 0 Å². The van der Waals surface area contributed by atoms with Crippen LogP contribution in [-0.2, 0) is 6.54 Å². The highest BCUT2D eigenvalue weighted by molar-refractivity contribution is 5.30. The van der Waals surface area contributed by atoms with Crippen molar-refractivity contribution in [2.45, 2.75) is 13.5 Å². The molecule has 0 bridgehead atoms. The smallest absolute Gasteiger partial charge is 0.169 e. The maximum absolute atomic E-state index is 13.8. The molecule has 0 unspecified atom stereocenters. The summed E-state index contributed by atoms with van der Waals surface area (Å²) in [4.78, 5) is 2.10. The number of likely N-dealkylation sites (N-methyl/N-ethyl adjacent to an activating group) is 1. The highest BCUT2D eigenvalue weighted by Gasteiger charge is 2.10. The highest BCUT2D eigenvalue weighted by Crippen LogP contribution is 2.20. The molecule has 0 aromatic heterocycles. The fourth-order valence-corrected chi connectivity index (χ4v) is 1.61. The second-order valence-corrected chi connectivity index (χ2v) is 3.59. The Balaban J connectivity index is 2.79. The molecule has 0 spiro atoms. The molecule has 90 valence electrons. The summed E-state index contributed by atoms with van der Waals surface area (Å²) in [5.41, 5.74) is 6.14. The molecule has 0 amide bonds. The Morgan fingerprint density at radius 3 is 2.75 bits per heavy atom. The van der Waals surface area contributed by atoms with Crippen LogP contribution in [0.25, 0.3) is 0 Å². The Labute approximate surface area is 96.0 Å². The third-order valence-corrected chi connectivity index (χ3v) is 2.55. The summed E-state index contributed by atoms with van der Waals surface area (Å²) >= 11 is 0. The fourth-order valence-electron chi connectivity index (χ4n) is 1.61. The van der Waals surface area contributed by atoms with E-state index in [-0.39, 0.29) is 5.82 Å². The molecule has 2 N–H and O–H groups in total. The summed E-state index contributed by atoms with van der Waals surface area (Å²) < 4.78 is 18.8. The van der Waals surface area contributed by atoms with E-state index < -0.39 is 0 Å². The number of methoxy groups -OCH3 is 1. The lowest BCUT2D eigenvalue weighted by Crippen LogP contribution is -2.29. The van der Waals surface area contributed by atoms with Crippen LogP contribution in [0, 0.1) is 5.82 Å². The van der Waals surface area contributed by atoms with Gasteiger partial charge in [-0.2, -0.15) is 0 Å². The molecule has 0 aliphatic carbocycles. The van der Waals surface area contributed by atoms with Crippen LogP contribution < -0.4 is 10.5 Å². The summed E-state index contributed by atoms with van der Waals surface area (Å²) in [5, 5.41) is 0. The molecule has 0 aliphatic rings. The third kappa shape index (κ3) is 3.18. The van der Waals surface area contributed by atoms with Crippen LogP contribution in [-0.4, -0.2) is 31.6 Å². The van der Waals surface area contributed by atoms with E-state index in [0.29, 0.717) is 24.4 Å². The van der Waals surface area contributed by atoms with Crippen LogP contribution in [0.15, 0.2) is 18.2 Å². The maximum Gasteiger partial charge on any atom is 0.169 e. The van der Waals surface area contributed by atoms with Gasteiger partial charge in [0.15, 0.2) is 11.6 Å². The van der Waals surface area contributed by atoms with Gasteiger partial charge in [-0.15, -0.1) is 0 Å². The highest BCUT2D eigenvalue weighted by atomic mass is 19.1. The first kappa shape index (κ1) is 12.9. The monoisotopic (exact) mass is 226 g/mol. The van der Waals surface area contributed by atoms with Gasteiger partial charge in [-0.25, -0.2) is 4.39 Å². The number of rotatable bonds is 6. The molecule has 1 rings (SSSR count). The molecule has 1 aromatic rings. The largest absolute Gasteiger partial charge is 0.494 e. The topological polar surface area (TPSA) is 38.5 Å². The van der Waals surface area contributed by atoms with E-state index in [1.807, 2.05) is 6.92 Å². The summed E-state index contributed by atoms with van der Waals surface area (Å²) in [5.74, 6) is 0.0155. The normalized spacial score (nSPS) is 10.8. The molecule has 0 heterocycles. The SMILES string of the molecule is CCN(CCN)Cc1cccc(OC)c1F. The first-order valence-corrected chi connectivity index (χ1v) is 5.46. The predicted octanol–water partition coefficient (Wildman–Crippen LogP) is 1.61. The quantitative estimate of drug-likeness (QED) is 0.801. The van der Waals surface area contributed by atoms with E-state index in [2.05, 4.69) is 4.90 Å². The molecule has 4 heteroatoms. The molecule has 3 nitrogen and oxygen atoms in total. The molecule has 0 saturated carbocycles. The predicted molar refractivity (Wildman–Crippen MR) is 63.0 cm³/mol. The van der Waals surface area contributed by atoms with Crippen molar-refractivity contribution < 1.29 is 9.13 Å². The van der Waals surface area contributed by atoms with Crippen molar-refractivity contribution in [2.75, 3.05) is 26.7 Å². The van der Waals surface area contributed by atoms with Gasteiger partial charge in [-0.05, 0) is 12.6 Å². The third-order valence-electron chi connectivity index (χ3n) is 2.55. The fraction of sp³-hybridized carbons (Fsp3) is 0.500. The van der Waals surface area contributed by atoms with Crippen LogP contribution in [0.3, 0.4) is 0 Å². The first-order chi connectivity index (χ1) is 7.72. The molecule has 0 radical (unpaired) electrons. The standard InChI is InChI=1S/C12H19FN2O/c1-3-15(8-7-14)9-10-5-4-6-11(16-2)12(10)13/h4-6H,3,7-9,14H2,1-2H3. The van der Waals surface area contributed by atoms with E-state index in [1.54, 1.807) is 18.2 Å². The van der Waals surface area contributed by atoms with Crippen LogP contribution in [0.4, 0.5) is 4.39 Å². The van der Waals surface area contributed by atoms with Crippen molar-refractivity contribution >= 4 is 0 Å². The second-order valence-electron chi connectivity index (χ2n) is 3.59. The molecule has 16 heavy (non-hydrogen) atoms. The maximum atomic E-state index is 13.8. The van der Waals surface area contributed by atoms with Gasteiger partial charge in [-0.1, -0.05) is 19.1 Å². The van der Waals surface area contributed by atoms with Gasteiger partial charge >= 0.3 is 0 Å². The zero-order valence-electron chi connectivity index (χ0n) is 9.87. The lowest BCUT2D eigenvalue weighted by atomic mass is 10.2. The Morgan fingerprint density at radius 2 is 2.19 bits per heavy atom. The molecule has 0 aliphatic heterocycles. The minimum atomic E-state index is -0.277.